The van der Waals surface area contributed by atoms with E-state index in [4.69, 9.17) is 19.2 Å². The number of hydrogen-bond acceptors (Lipinski definition) is 6. The monoisotopic (exact) mass is 449 g/mol. The Morgan fingerprint density at radius 3 is 2.64 bits per heavy atom. The summed E-state index contributed by atoms with van der Waals surface area (Å²) >= 11 is 0. The zero-order valence-electron chi connectivity index (χ0n) is 19.7. The van der Waals surface area contributed by atoms with Crippen molar-refractivity contribution in [1.82, 2.24) is 9.55 Å². The van der Waals surface area contributed by atoms with Gasteiger partial charge in [-0.25, -0.2) is 9.78 Å². The molecule has 0 bridgehead atoms. The number of benzene rings is 2. The van der Waals surface area contributed by atoms with Crippen molar-refractivity contribution in [2.24, 2.45) is 0 Å². The van der Waals surface area contributed by atoms with Gasteiger partial charge in [0.05, 0.1) is 42.5 Å². The molecule has 7 heteroatoms. The Kier molecular flexibility index (Phi) is 6.87. The Morgan fingerprint density at radius 1 is 1.06 bits per heavy atom. The molecule has 7 nitrogen and oxygen atoms in total. The lowest BCUT2D eigenvalue weighted by Crippen LogP contribution is -2.29. The van der Waals surface area contributed by atoms with Gasteiger partial charge in [-0.3, -0.25) is 4.57 Å². The van der Waals surface area contributed by atoms with Gasteiger partial charge in [-0.2, -0.15) is 0 Å². The number of imidazole rings is 1. The number of para-hydroxylation sites is 2. The van der Waals surface area contributed by atoms with Crippen LogP contribution in [0.25, 0.3) is 11.0 Å². The summed E-state index contributed by atoms with van der Waals surface area (Å²) in [5.74, 6) is 1.71. The van der Waals surface area contributed by atoms with Crippen LogP contribution in [0.2, 0.25) is 0 Å². The minimum Gasteiger partial charge on any atom is -0.490 e. The van der Waals surface area contributed by atoms with E-state index in [0.29, 0.717) is 42.8 Å². The average Bonchev–Trinajstić information content (AvgIpc) is 3.17. The van der Waals surface area contributed by atoms with Crippen LogP contribution in [0.5, 0.6) is 11.5 Å². The van der Waals surface area contributed by atoms with Crippen LogP contribution in [0.3, 0.4) is 0 Å². The molecule has 1 aromatic heterocycles. The highest BCUT2D eigenvalue weighted by atomic mass is 16.5. The van der Waals surface area contributed by atoms with E-state index in [9.17, 15) is 4.79 Å². The molecule has 0 saturated heterocycles. The van der Waals surface area contributed by atoms with Crippen LogP contribution in [0.15, 0.2) is 53.7 Å². The molecule has 1 N–H and O–H groups in total. The number of unbranched alkanes of at least 4 members (excludes halogenated alkanes) is 1. The summed E-state index contributed by atoms with van der Waals surface area (Å²) in [6.07, 6.45) is 2.03. The van der Waals surface area contributed by atoms with Gasteiger partial charge in [0.15, 0.2) is 11.5 Å². The van der Waals surface area contributed by atoms with Gasteiger partial charge in [-0.1, -0.05) is 31.5 Å². The van der Waals surface area contributed by atoms with E-state index >= 15 is 0 Å². The van der Waals surface area contributed by atoms with Gasteiger partial charge in [-0.15, -0.1) is 0 Å². The summed E-state index contributed by atoms with van der Waals surface area (Å²) in [7, 11) is 0. The van der Waals surface area contributed by atoms with E-state index < -0.39 is 6.04 Å². The van der Waals surface area contributed by atoms with Crippen LogP contribution in [-0.2, 0) is 9.53 Å². The van der Waals surface area contributed by atoms with Crippen LogP contribution in [0.1, 0.15) is 52.1 Å². The number of anilines is 1. The van der Waals surface area contributed by atoms with Crippen LogP contribution in [0, 0.1) is 0 Å². The highest BCUT2D eigenvalue weighted by Gasteiger charge is 2.35. The molecule has 1 aliphatic heterocycles. The second-order valence-corrected chi connectivity index (χ2v) is 7.92. The molecule has 1 aliphatic rings. The van der Waals surface area contributed by atoms with Crippen molar-refractivity contribution in [3.05, 3.63) is 59.3 Å². The van der Waals surface area contributed by atoms with E-state index in [-0.39, 0.29) is 5.97 Å². The molecule has 1 atom stereocenters. The second kappa shape index (κ2) is 9.98. The first-order chi connectivity index (χ1) is 16.1. The summed E-state index contributed by atoms with van der Waals surface area (Å²) in [6.45, 7) is 9.22. The summed E-state index contributed by atoms with van der Waals surface area (Å²) in [5.41, 5.74) is 3.96. The molecule has 2 aromatic carbocycles. The van der Waals surface area contributed by atoms with E-state index in [1.807, 2.05) is 63.2 Å². The molecule has 174 valence electrons. The maximum absolute atomic E-state index is 13.1. The summed E-state index contributed by atoms with van der Waals surface area (Å²) in [4.78, 5) is 17.9. The quantitative estimate of drug-likeness (QED) is 0.345. The van der Waals surface area contributed by atoms with Gasteiger partial charge in [0, 0.05) is 5.70 Å². The molecule has 4 rings (SSSR count). The molecule has 0 saturated carbocycles. The summed E-state index contributed by atoms with van der Waals surface area (Å²) in [5, 5.41) is 3.30. The van der Waals surface area contributed by atoms with E-state index in [1.54, 1.807) is 0 Å². The molecule has 33 heavy (non-hydrogen) atoms. The largest absolute Gasteiger partial charge is 0.490 e. The van der Waals surface area contributed by atoms with Crippen molar-refractivity contribution < 1.29 is 19.0 Å². The smallest absolute Gasteiger partial charge is 0.338 e. The summed E-state index contributed by atoms with van der Waals surface area (Å²) < 4.78 is 19.4. The Morgan fingerprint density at radius 2 is 1.88 bits per heavy atom. The number of nitrogens with zero attached hydrogens (tertiary/aromatic N) is 2. The van der Waals surface area contributed by atoms with E-state index in [1.165, 1.54) is 0 Å². The molecule has 2 heterocycles. The Bertz CT molecular complexity index is 1180. The number of carbonyl (C=O) groups is 1. The molecular formula is C26H31N3O4. The lowest BCUT2D eigenvalue weighted by Gasteiger charge is -2.30. The molecule has 0 fully saturated rings. The average molecular weight is 450 g/mol. The zero-order valence-corrected chi connectivity index (χ0v) is 19.7. The SMILES string of the molecule is CCCCOc1ccc([C@@H]2C(C(=O)OCC)=C(C)Nc3nc4ccccc4n32)cc1OCC. The van der Waals surface area contributed by atoms with Gasteiger partial charge >= 0.3 is 5.97 Å². The van der Waals surface area contributed by atoms with Crippen LogP contribution < -0.4 is 14.8 Å². The van der Waals surface area contributed by atoms with Crippen molar-refractivity contribution in [2.75, 3.05) is 25.1 Å². The lowest BCUT2D eigenvalue weighted by molar-refractivity contribution is -0.139. The normalized spacial score (nSPS) is 15.2. The predicted molar refractivity (Wildman–Crippen MR) is 129 cm³/mol. The standard InChI is InChI=1S/C26H31N3O4/c1-5-8-15-33-21-14-13-18(16-22(21)31-6-2)24-23(25(30)32-7-3)17(4)27-26-28-19-11-9-10-12-20(19)29(24)26/h9-14,16,24H,5-8,15H2,1-4H3,(H,27,28)/t24-/m1/s1. The number of carbonyl (C=O) groups excluding carboxylic acids is 1. The number of esters is 1. The number of fused-ring (bicyclic) bond motifs is 3. The Labute approximate surface area is 194 Å². The molecule has 0 aliphatic carbocycles. The van der Waals surface area contributed by atoms with Crippen molar-refractivity contribution in [2.45, 2.75) is 46.6 Å². The number of aromatic nitrogens is 2. The second-order valence-electron chi connectivity index (χ2n) is 7.92. The fraction of sp³-hybridized carbons (Fsp3) is 0.385. The Balaban J connectivity index is 1.87. The molecule has 0 spiro atoms. The molecular weight excluding hydrogens is 418 g/mol. The van der Waals surface area contributed by atoms with Crippen molar-refractivity contribution in [3.8, 4) is 11.5 Å². The van der Waals surface area contributed by atoms with Gasteiger partial charge in [0.2, 0.25) is 5.95 Å². The maximum Gasteiger partial charge on any atom is 0.338 e. The van der Waals surface area contributed by atoms with Gasteiger partial charge < -0.3 is 19.5 Å². The predicted octanol–water partition coefficient (Wildman–Crippen LogP) is 5.47. The van der Waals surface area contributed by atoms with Gasteiger partial charge in [-0.05, 0) is 57.0 Å². The number of nitrogens with one attached hydrogen (secondary N) is 1. The van der Waals surface area contributed by atoms with Gasteiger partial charge in [0.25, 0.3) is 0 Å². The molecule has 3 aromatic rings. The minimum atomic E-state index is -0.420. The fourth-order valence-corrected chi connectivity index (χ4v) is 4.16. The lowest BCUT2D eigenvalue weighted by atomic mass is 9.94. The number of rotatable bonds is 9. The van der Waals surface area contributed by atoms with Crippen molar-refractivity contribution in [3.63, 3.8) is 0 Å². The first-order valence-electron chi connectivity index (χ1n) is 11.6. The minimum absolute atomic E-state index is 0.300. The van der Waals surface area contributed by atoms with Gasteiger partial charge in [0.1, 0.15) is 0 Å². The summed E-state index contributed by atoms with van der Waals surface area (Å²) in [6, 6.07) is 13.4. The zero-order chi connectivity index (χ0) is 23.4. The van der Waals surface area contributed by atoms with E-state index in [0.717, 1.165) is 35.1 Å². The third-order valence-corrected chi connectivity index (χ3v) is 5.66. The van der Waals surface area contributed by atoms with E-state index in [2.05, 4.69) is 16.8 Å². The number of hydrogen-bond donors (Lipinski definition) is 1. The third-order valence-electron chi connectivity index (χ3n) is 5.66. The topological polar surface area (TPSA) is 74.6 Å². The highest BCUT2D eigenvalue weighted by molar-refractivity contribution is 5.94. The number of allylic oxidation sites excluding steroid dienone is 1. The number of ether oxygens (including phenoxy) is 3. The first-order valence-corrected chi connectivity index (χ1v) is 11.6. The van der Waals surface area contributed by atoms with Crippen molar-refractivity contribution in [1.29, 1.82) is 0 Å². The maximum atomic E-state index is 13.1. The first kappa shape index (κ1) is 22.7. The van der Waals surface area contributed by atoms with Crippen LogP contribution in [0.4, 0.5) is 5.95 Å². The molecule has 0 radical (unpaired) electrons. The molecule has 0 unspecified atom stereocenters. The highest BCUT2D eigenvalue weighted by Crippen LogP contribution is 2.42. The van der Waals surface area contributed by atoms with Crippen LogP contribution >= 0.6 is 0 Å². The molecule has 0 amide bonds. The van der Waals surface area contributed by atoms with Crippen molar-refractivity contribution >= 4 is 23.0 Å². The Hall–Kier alpha value is -3.48. The van der Waals surface area contributed by atoms with Crippen LogP contribution in [-0.4, -0.2) is 35.3 Å². The fourth-order valence-electron chi connectivity index (χ4n) is 4.16. The third kappa shape index (κ3) is 4.40.